The van der Waals surface area contributed by atoms with Crippen LogP contribution in [0.5, 0.6) is 0 Å². The highest BCUT2D eigenvalue weighted by Gasteiger charge is 1.80. The Kier molecular flexibility index (Phi) is 13.7. The molecule has 3 heteroatoms. The summed E-state index contributed by atoms with van der Waals surface area (Å²) in [5.74, 6) is 3.67. The Labute approximate surface area is 56.6 Å². The zero-order valence-electron chi connectivity index (χ0n) is 5.64. The summed E-state index contributed by atoms with van der Waals surface area (Å²) in [5, 5.41) is 7.72. The van der Waals surface area contributed by atoms with Gasteiger partial charge in [0.1, 0.15) is 0 Å². The van der Waals surface area contributed by atoms with Gasteiger partial charge in [-0.15, -0.1) is 11.6 Å². The van der Waals surface area contributed by atoms with Crippen LogP contribution in [0, 0.1) is 0 Å². The van der Waals surface area contributed by atoms with Crippen LogP contribution in [0.4, 0.5) is 0 Å². The molecule has 8 heavy (non-hydrogen) atoms. The summed E-state index contributed by atoms with van der Waals surface area (Å²) >= 11 is 0.750. The van der Waals surface area contributed by atoms with Crippen LogP contribution in [0.15, 0.2) is 0 Å². The first-order valence-corrected chi connectivity index (χ1v) is 4.95. The fraction of sp³-hybridized carbons (Fsp3) is 0.800. The molecule has 0 fully saturated rings. The molecule has 2 nitrogen and oxygen atoms in total. The van der Waals surface area contributed by atoms with Crippen LogP contribution in [-0.2, 0) is 4.79 Å². The van der Waals surface area contributed by atoms with E-state index in [1.54, 1.807) is 6.92 Å². The molecule has 47 valence electrons. The van der Waals surface area contributed by atoms with Crippen LogP contribution in [-0.4, -0.2) is 26.3 Å². The molecule has 0 saturated carbocycles. The Morgan fingerprint density at radius 3 is 1.75 bits per heavy atom. The van der Waals surface area contributed by atoms with Gasteiger partial charge in [0.05, 0.1) is 0 Å². The molecule has 0 aliphatic heterocycles. The minimum atomic E-state index is -0.745. The molecule has 0 unspecified atom stereocenters. The molecule has 0 aromatic heterocycles. The first kappa shape index (κ1) is 10.9. The topological polar surface area (TPSA) is 37.3 Å². The molecule has 0 aliphatic rings. The van der Waals surface area contributed by atoms with Gasteiger partial charge in [-0.05, 0) is 0 Å². The fourth-order valence-electron chi connectivity index (χ4n) is 0. The number of hydrogen-bond donors (Lipinski definition) is 1. The highest BCUT2D eigenvalue weighted by Crippen LogP contribution is 1.67. The lowest BCUT2D eigenvalue weighted by Crippen LogP contribution is -1.86. The van der Waals surface area contributed by atoms with Crippen LogP contribution >= 0.6 is 0 Å². The maximum Gasteiger partial charge on any atom is 0.303 e. The molecule has 0 aromatic carbocycles. The van der Waals surface area contributed by atoms with Gasteiger partial charge in [0.15, 0.2) is 15.2 Å². The van der Waals surface area contributed by atoms with Gasteiger partial charge in [0, 0.05) is 6.42 Å². The van der Waals surface area contributed by atoms with E-state index in [-0.39, 0.29) is 6.42 Å². The monoisotopic (exact) mass is 131 g/mol. The lowest BCUT2D eigenvalue weighted by atomic mass is 10.5. The molecule has 0 atom stereocenters. The molecule has 0 bridgehead atoms. The Morgan fingerprint density at radius 2 is 1.75 bits per heavy atom. The molecule has 1 radical (unpaired) electrons. The summed E-state index contributed by atoms with van der Waals surface area (Å²) in [5.41, 5.74) is 0. The Hall–Kier alpha value is 0.00247. The number of carboxylic acid groups (broad SMARTS) is 1. The summed E-state index contributed by atoms with van der Waals surface area (Å²) in [7, 11) is 0. The van der Waals surface area contributed by atoms with Crippen molar-refractivity contribution in [2.75, 3.05) is 0 Å². The normalized spacial score (nSPS) is 6.38. The molecule has 0 rings (SSSR count). The van der Waals surface area contributed by atoms with E-state index in [4.69, 9.17) is 5.11 Å². The molecule has 0 aliphatic carbocycles. The summed E-state index contributed by atoms with van der Waals surface area (Å²) < 4.78 is 0. The molecule has 1 N–H and O–H groups in total. The minimum Gasteiger partial charge on any atom is -0.481 e. The highest BCUT2D eigenvalue weighted by molar-refractivity contribution is 6.31. The van der Waals surface area contributed by atoms with Gasteiger partial charge in [-0.1, -0.05) is 6.92 Å². The first-order chi connectivity index (χ1) is 3.68. The van der Waals surface area contributed by atoms with E-state index in [1.807, 2.05) is 0 Å². The van der Waals surface area contributed by atoms with Gasteiger partial charge in [-0.3, -0.25) is 4.79 Å². The summed E-state index contributed by atoms with van der Waals surface area (Å²) in [6.45, 7) is 1.60. The highest BCUT2D eigenvalue weighted by atomic mass is 27.1. The van der Waals surface area contributed by atoms with Crippen LogP contribution in [0.25, 0.3) is 0 Å². The zero-order valence-corrected chi connectivity index (χ0v) is 6.79. The van der Waals surface area contributed by atoms with E-state index in [0.717, 1.165) is 15.2 Å². The average Bonchev–Trinajstić information content (AvgIpc) is 1.69. The van der Waals surface area contributed by atoms with Gasteiger partial charge < -0.3 is 5.11 Å². The molecule has 0 spiro atoms. The van der Waals surface area contributed by atoms with Crippen molar-refractivity contribution in [3.63, 3.8) is 0 Å². The third kappa shape index (κ3) is 37.5. The Balaban J connectivity index is 0. The Morgan fingerprint density at radius 1 is 1.62 bits per heavy atom. The van der Waals surface area contributed by atoms with Crippen LogP contribution in [0.2, 0.25) is 11.6 Å². The maximum atomic E-state index is 9.37. The average molecular weight is 131 g/mol. The lowest BCUT2D eigenvalue weighted by Gasteiger charge is -1.71. The summed E-state index contributed by atoms with van der Waals surface area (Å²) in [4.78, 5) is 9.37. The number of rotatable bonds is 1. The number of carboxylic acids is 1. The minimum absolute atomic E-state index is 0.222. The van der Waals surface area contributed by atoms with E-state index in [9.17, 15) is 4.79 Å². The zero-order chi connectivity index (χ0) is 6.99. The van der Waals surface area contributed by atoms with Crippen molar-refractivity contribution >= 4 is 21.2 Å². The predicted molar refractivity (Wildman–Crippen MR) is 35.4 cm³/mol. The summed E-state index contributed by atoms with van der Waals surface area (Å²) in [6, 6.07) is 0. The van der Waals surface area contributed by atoms with Crippen molar-refractivity contribution in [2.24, 2.45) is 0 Å². The van der Waals surface area contributed by atoms with Crippen LogP contribution in [0.3, 0.4) is 0 Å². The van der Waals surface area contributed by atoms with E-state index < -0.39 is 5.97 Å². The Bertz CT molecular complexity index is 54.4. The lowest BCUT2D eigenvalue weighted by molar-refractivity contribution is -0.136. The third-order valence-electron chi connectivity index (χ3n) is 0.302. The quantitative estimate of drug-likeness (QED) is 0.544. The van der Waals surface area contributed by atoms with Crippen molar-refractivity contribution in [2.45, 2.75) is 24.9 Å². The molecular formula is C5H12AlO2. The van der Waals surface area contributed by atoms with Crippen molar-refractivity contribution in [1.29, 1.82) is 0 Å². The number of hydrogen-bond acceptors (Lipinski definition) is 1. The molecule has 0 amide bonds. The van der Waals surface area contributed by atoms with E-state index >= 15 is 0 Å². The van der Waals surface area contributed by atoms with Gasteiger partial charge in [0.2, 0.25) is 0 Å². The SMILES string of the molecule is CCC(=O)O.[CH3][Al][CH3]. The van der Waals surface area contributed by atoms with Crippen LogP contribution in [0.1, 0.15) is 13.3 Å². The van der Waals surface area contributed by atoms with E-state index in [1.165, 1.54) is 0 Å². The standard InChI is InChI=1S/C3H6O2.2CH3.Al/c1-2-3(4)5;;;/h2H2,1H3,(H,4,5);2*1H3;. The van der Waals surface area contributed by atoms with E-state index in [2.05, 4.69) is 11.6 Å². The molecule has 0 aromatic rings. The number of aliphatic carboxylic acids is 1. The maximum absolute atomic E-state index is 9.37. The van der Waals surface area contributed by atoms with Gasteiger partial charge in [-0.2, -0.15) is 0 Å². The summed E-state index contributed by atoms with van der Waals surface area (Å²) in [6.07, 6.45) is 0.222. The third-order valence-corrected chi connectivity index (χ3v) is 0.302. The number of carbonyl (C=O) groups is 1. The van der Waals surface area contributed by atoms with Gasteiger partial charge in [-0.25, -0.2) is 0 Å². The first-order valence-electron chi connectivity index (χ1n) is 2.64. The smallest absolute Gasteiger partial charge is 0.303 e. The van der Waals surface area contributed by atoms with Crippen LogP contribution < -0.4 is 0 Å². The van der Waals surface area contributed by atoms with Crippen molar-refractivity contribution < 1.29 is 9.90 Å². The molecule has 0 saturated heterocycles. The van der Waals surface area contributed by atoms with Crippen molar-refractivity contribution in [3.05, 3.63) is 0 Å². The van der Waals surface area contributed by atoms with Crippen molar-refractivity contribution in [1.82, 2.24) is 0 Å². The second-order valence-corrected chi connectivity index (χ2v) is 2.48. The van der Waals surface area contributed by atoms with Gasteiger partial charge >= 0.3 is 5.97 Å². The molecular weight excluding hydrogens is 119 g/mol. The molecule has 0 heterocycles. The fourth-order valence-corrected chi connectivity index (χ4v) is 0. The largest absolute Gasteiger partial charge is 0.481 e. The predicted octanol–water partition coefficient (Wildman–Crippen LogP) is 1.27. The van der Waals surface area contributed by atoms with E-state index in [0.29, 0.717) is 0 Å². The van der Waals surface area contributed by atoms with Crippen molar-refractivity contribution in [3.8, 4) is 0 Å². The second kappa shape index (κ2) is 10.1. The second-order valence-electron chi connectivity index (χ2n) is 1.32. The van der Waals surface area contributed by atoms with Gasteiger partial charge in [0.25, 0.3) is 0 Å².